The summed E-state index contributed by atoms with van der Waals surface area (Å²) in [4.78, 5) is 24.8. The van der Waals surface area contributed by atoms with Crippen LogP contribution < -0.4 is 16.0 Å². The van der Waals surface area contributed by atoms with Crippen molar-refractivity contribution in [1.82, 2.24) is 5.32 Å². The summed E-state index contributed by atoms with van der Waals surface area (Å²) in [5.41, 5.74) is -0.859. The van der Waals surface area contributed by atoms with Crippen molar-refractivity contribution in [2.24, 2.45) is 0 Å². The van der Waals surface area contributed by atoms with E-state index in [1.54, 1.807) is 24.3 Å². The molecule has 2 aromatic rings. The minimum atomic E-state index is -4.84. The number of halogens is 4. The minimum absolute atomic E-state index is 0.0499. The molecular formula is C21H21F4N3O2. The van der Waals surface area contributed by atoms with Crippen molar-refractivity contribution in [2.75, 3.05) is 17.2 Å². The normalized spacial score (nSPS) is 14.4. The van der Waals surface area contributed by atoms with E-state index in [1.165, 1.54) is 0 Å². The van der Waals surface area contributed by atoms with Crippen LogP contribution in [0.25, 0.3) is 0 Å². The van der Waals surface area contributed by atoms with Gasteiger partial charge in [0.1, 0.15) is 5.82 Å². The number of anilines is 2. The van der Waals surface area contributed by atoms with Gasteiger partial charge in [0.15, 0.2) is 0 Å². The summed E-state index contributed by atoms with van der Waals surface area (Å²) in [6, 6.07) is 9.01. The summed E-state index contributed by atoms with van der Waals surface area (Å²) in [6.45, 7) is -0.360. The van der Waals surface area contributed by atoms with Gasteiger partial charge in [-0.2, -0.15) is 13.2 Å². The van der Waals surface area contributed by atoms with E-state index in [-0.39, 0.29) is 24.2 Å². The second-order valence-electron chi connectivity index (χ2n) is 7.09. The first-order chi connectivity index (χ1) is 14.2. The molecule has 0 aliphatic heterocycles. The van der Waals surface area contributed by atoms with Crippen LogP contribution in [-0.2, 0) is 11.0 Å². The van der Waals surface area contributed by atoms with Crippen LogP contribution in [0.2, 0.25) is 0 Å². The summed E-state index contributed by atoms with van der Waals surface area (Å²) < 4.78 is 51.7. The van der Waals surface area contributed by atoms with E-state index in [9.17, 15) is 27.2 Å². The van der Waals surface area contributed by atoms with Crippen molar-refractivity contribution in [1.29, 1.82) is 0 Å². The lowest BCUT2D eigenvalue weighted by Gasteiger charge is -2.15. The fourth-order valence-corrected chi connectivity index (χ4v) is 3.35. The second kappa shape index (κ2) is 9.15. The average Bonchev–Trinajstić information content (AvgIpc) is 3.20. The molecule has 0 radical (unpaired) electrons. The zero-order valence-corrected chi connectivity index (χ0v) is 16.0. The van der Waals surface area contributed by atoms with E-state index in [0.717, 1.165) is 31.7 Å². The zero-order valence-electron chi connectivity index (χ0n) is 16.0. The molecule has 5 nitrogen and oxygen atoms in total. The first-order valence-electron chi connectivity index (χ1n) is 9.54. The van der Waals surface area contributed by atoms with Gasteiger partial charge in [-0.05, 0) is 43.2 Å². The van der Waals surface area contributed by atoms with Gasteiger partial charge in [0.25, 0.3) is 5.91 Å². The van der Waals surface area contributed by atoms with Gasteiger partial charge < -0.3 is 16.0 Å². The van der Waals surface area contributed by atoms with Crippen molar-refractivity contribution >= 4 is 23.2 Å². The van der Waals surface area contributed by atoms with Gasteiger partial charge in [0.05, 0.1) is 23.4 Å². The minimum Gasteiger partial charge on any atom is -0.376 e. The van der Waals surface area contributed by atoms with Gasteiger partial charge in [-0.25, -0.2) is 4.39 Å². The van der Waals surface area contributed by atoms with E-state index >= 15 is 0 Å². The van der Waals surface area contributed by atoms with Crippen molar-refractivity contribution in [3.63, 3.8) is 0 Å². The molecule has 1 aliphatic carbocycles. The Morgan fingerprint density at radius 1 is 1.03 bits per heavy atom. The highest BCUT2D eigenvalue weighted by Gasteiger charge is 2.34. The molecule has 0 aromatic heterocycles. The quantitative estimate of drug-likeness (QED) is 0.597. The van der Waals surface area contributed by atoms with Gasteiger partial charge in [-0.15, -0.1) is 0 Å². The molecule has 3 N–H and O–H groups in total. The number of nitrogens with one attached hydrogen (secondary N) is 3. The van der Waals surface area contributed by atoms with Crippen molar-refractivity contribution in [3.05, 3.63) is 59.4 Å². The molecule has 2 aromatic carbocycles. The van der Waals surface area contributed by atoms with Gasteiger partial charge in [0.2, 0.25) is 5.91 Å². The Bertz CT molecular complexity index is 925. The molecule has 1 fully saturated rings. The largest absolute Gasteiger partial charge is 0.419 e. The van der Waals surface area contributed by atoms with Gasteiger partial charge in [-0.1, -0.05) is 25.0 Å². The molecule has 30 heavy (non-hydrogen) atoms. The van der Waals surface area contributed by atoms with Crippen LogP contribution in [-0.4, -0.2) is 24.4 Å². The highest BCUT2D eigenvalue weighted by molar-refractivity contribution is 6.04. The molecule has 2 amide bonds. The molecule has 1 saturated carbocycles. The Morgan fingerprint density at radius 3 is 2.43 bits per heavy atom. The first kappa shape index (κ1) is 21.6. The highest BCUT2D eigenvalue weighted by Crippen LogP contribution is 2.33. The smallest absolute Gasteiger partial charge is 0.376 e. The fourth-order valence-electron chi connectivity index (χ4n) is 3.35. The maximum Gasteiger partial charge on any atom is 0.419 e. The van der Waals surface area contributed by atoms with E-state index in [0.29, 0.717) is 23.4 Å². The summed E-state index contributed by atoms with van der Waals surface area (Å²) in [5.74, 6) is -2.24. The van der Waals surface area contributed by atoms with E-state index in [4.69, 9.17) is 0 Å². The molecule has 0 spiro atoms. The molecule has 0 bridgehead atoms. The molecule has 0 heterocycles. The van der Waals surface area contributed by atoms with Crippen LogP contribution in [0.1, 0.15) is 41.6 Å². The molecule has 0 atom stereocenters. The van der Waals surface area contributed by atoms with Crippen LogP contribution >= 0.6 is 0 Å². The topological polar surface area (TPSA) is 70.2 Å². The Morgan fingerprint density at radius 2 is 1.73 bits per heavy atom. The fraction of sp³-hybridized carbons (Fsp3) is 0.333. The monoisotopic (exact) mass is 423 g/mol. The Balaban J connectivity index is 1.62. The molecule has 9 heteroatoms. The summed E-state index contributed by atoms with van der Waals surface area (Å²) in [6.07, 6.45) is -0.873. The standard InChI is InChI=1S/C21H21F4N3O2/c22-17-10-9-14(11-16(17)21(23,24)25)26-12-19(29)28-18-8-4-3-7-15(18)20(30)27-13-5-1-2-6-13/h3-4,7-11,13,26H,1-2,5-6,12H2,(H,27,30)(H,28,29). The van der Waals surface area contributed by atoms with Crippen LogP contribution in [0, 0.1) is 5.82 Å². The number of hydrogen-bond donors (Lipinski definition) is 3. The number of alkyl halides is 3. The lowest BCUT2D eigenvalue weighted by Crippen LogP contribution is -2.33. The third kappa shape index (κ3) is 5.49. The first-order valence-corrected chi connectivity index (χ1v) is 9.54. The predicted octanol–water partition coefficient (Wildman–Crippen LogP) is 4.57. The molecule has 160 valence electrons. The molecule has 0 saturated heterocycles. The molecule has 1 aliphatic rings. The molecule has 3 rings (SSSR count). The zero-order chi connectivity index (χ0) is 21.7. The third-order valence-electron chi connectivity index (χ3n) is 4.86. The van der Waals surface area contributed by atoms with E-state index < -0.39 is 23.5 Å². The number of amides is 2. The molecular weight excluding hydrogens is 402 g/mol. The van der Waals surface area contributed by atoms with Crippen molar-refractivity contribution < 1.29 is 27.2 Å². The molecule has 0 unspecified atom stereocenters. The Hall–Kier alpha value is -3.10. The Kier molecular flexibility index (Phi) is 6.59. The number of hydrogen-bond acceptors (Lipinski definition) is 3. The number of para-hydroxylation sites is 1. The highest BCUT2D eigenvalue weighted by atomic mass is 19.4. The average molecular weight is 423 g/mol. The van der Waals surface area contributed by atoms with Gasteiger partial charge in [-0.3, -0.25) is 9.59 Å². The lowest BCUT2D eigenvalue weighted by molar-refractivity contribution is -0.139. The number of carbonyl (C=O) groups excluding carboxylic acids is 2. The second-order valence-corrected chi connectivity index (χ2v) is 7.09. The van der Waals surface area contributed by atoms with Crippen molar-refractivity contribution in [3.8, 4) is 0 Å². The van der Waals surface area contributed by atoms with Gasteiger partial charge >= 0.3 is 6.18 Å². The SMILES string of the molecule is O=C(CNc1ccc(F)c(C(F)(F)F)c1)Nc1ccccc1C(=O)NC1CCCC1. The van der Waals surface area contributed by atoms with Crippen LogP contribution in [0.3, 0.4) is 0 Å². The maximum atomic E-state index is 13.4. The van der Waals surface area contributed by atoms with E-state index in [2.05, 4.69) is 16.0 Å². The number of rotatable bonds is 6. The summed E-state index contributed by atoms with van der Waals surface area (Å²) in [5, 5.41) is 8.06. The van der Waals surface area contributed by atoms with Crippen LogP contribution in [0.4, 0.5) is 28.9 Å². The van der Waals surface area contributed by atoms with E-state index in [1.807, 2.05) is 0 Å². The third-order valence-corrected chi connectivity index (χ3v) is 4.86. The summed E-state index contributed by atoms with van der Waals surface area (Å²) >= 11 is 0. The summed E-state index contributed by atoms with van der Waals surface area (Å²) in [7, 11) is 0. The number of carbonyl (C=O) groups is 2. The van der Waals surface area contributed by atoms with Crippen molar-refractivity contribution in [2.45, 2.75) is 37.9 Å². The lowest BCUT2D eigenvalue weighted by atomic mass is 10.1. The predicted molar refractivity (Wildman–Crippen MR) is 105 cm³/mol. The van der Waals surface area contributed by atoms with Crippen LogP contribution in [0.5, 0.6) is 0 Å². The van der Waals surface area contributed by atoms with Crippen LogP contribution in [0.15, 0.2) is 42.5 Å². The Labute approximate surface area is 170 Å². The number of benzene rings is 2. The maximum absolute atomic E-state index is 13.4. The van der Waals surface area contributed by atoms with Gasteiger partial charge in [0, 0.05) is 11.7 Å².